The van der Waals surface area contributed by atoms with E-state index >= 15 is 0 Å². The van der Waals surface area contributed by atoms with Crippen LogP contribution in [0.3, 0.4) is 0 Å². The number of aromatic nitrogens is 2. The Morgan fingerprint density at radius 2 is 2.09 bits per heavy atom. The van der Waals surface area contributed by atoms with Crippen LogP contribution in [0.25, 0.3) is 0 Å². The Hall–Kier alpha value is -1.38. The molecule has 23 heavy (non-hydrogen) atoms. The van der Waals surface area contributed by atoms with Gasteiger partial charge in [0, 0.05) is 19.2 Å². The fourth-order valence-electron chi connectivity index (χ4n) is 3.11. The van der Waals surface area contributed by atoms with Crippen molar-refractivity contribution in [3.05, 3.63) is 11.3 Å². The van der Waals surface area contributed by atoms with E-state index in [1.807, 2.05) is 6.92 Å². The SMILES string of the molecule is Cc1nc(NCCO)nc(N[C@@H]2C[C@H](CO)C[C@H]2C)c1C(=N)S. The highest BCUT2D eigenvalue weighted by Crippen LogP contribution is 2.33. The quantitative estimate of drug-likeness (QED) is 0.253. The summed E-state index contributed by atoms with van der Waals surface area (Å²) in [4.78, 5) is 8.76. The molecule has 1 saturated carbocycles. The minimum absolute atomic E-state index is 0.00680. The van der Waals surface area contributed by atoms with Gasteiger partial charge in [-0.2, -0.15) is 4.98 Å². The molecule has 1 aromatic heterocycles. The van der Waals surface area contributed by atoms with Crippen LogP contribution in [0.15, 0.2) is 0 Å². The van der Waals surface area contributed by atoms with E-state index in [1.54, 1.807) is 0 Å². The number of hydrogen-bond donors (Lipinski definition) is 6. The molecule has 5 N–H and O–H groups in total. The van der Waals surface area contributed by atoms with E-state index in [4.69, 9.17) is 10.5 Å². The number of nitrogens with one attached hydrogen (secondary N) is 3. The first-order chi connectivity index (χ1) is 11.0. The van der Waals surface area contributed by atoms with E-state index in [0.717, 1.165) is 12.8 Å². The zero-order valence-electron chi connectivity index (χ0n) is 13.5. The number of rotatable bonds is 7. The second-order valence-corrected chi connectivity index (χ2v) is 6.55. The largest absolute Gasteiger partial charge is 0.396 e. The lowest BCUT2D eigenvalue weighted by Crippen LogP contribution is -2.25. The van der Waals surface area contributed by atoms with Gasteiger partial charge in [-0.25, -0.2) is 4.98 Å². The molecule has 0 bridgehead atoms. The van der Waals surface area contributed by atoms with Gasteiger partial charge in [-0.1, -0.05) is 6.92 Å². The van der Waals surface area contributed by atoms with Gasteiger partial charge >= 0.3 is 0 Å². The Kier molecular flexibility index (Phi) is 6.20. The minimum Gasteiger partial charge on any atom is -0.396 e. The van der Waals surface area contributed by atoms with Crippen molar-refractivity contribution in [3.8, 4) is 0 Å². The van der Waals surface area contributed by atoms with E-state index in [0.29, 0.717) is 41.4 Å². The lowest BCUT2D eigenvalue weighted by atomic mass is 10.1. The van der Waals surface area contributed by atoms with Crippen LogP contribution >= 0.6 is 12.6 Å². The molecule has 0 spiro atoms. The highest BCUT2D eigenvalue weighted by atomic mass is 32.1. The number of anilines is 2. The van der Waals surface area contributed by atoms with Crippen LogP contribution in [0, 0.1) is 24.2 Å². The average molecular weight is 339 g/mol. The third-order valence-electron chi connectivity index (χ3n) is 4.28. The molecule has 3 atom stereocenters. The molecule has 0 radical (unpaired) electrons. The summed E-state index contributed by atoms with van der Waals surface area (Å²) in [6.07, 6.45) is 1.85. The van der Waals surface area contributed by atoms with Crippen LogP contribution in [-0.4, -0.2) is 51.0 Å². The molecule has 0 amide bonds. The molecule has 1 aromatic rings. The van der Waals surface area contributed by atoms with E-state index in [9.17, 15) is 5.11 Å². The molecule has 0 aliphatic heterocycles. The molecule has 7 nitrogen and oxygen atoms in total. The third-order valence-corrected chi connectivity index (χ3v) is 4.50. The molecule has 128 valence electrons. The molecule has 2 rings (SSSR count). The first-order valence-electron chi connectivity index (χ1n) is 7.84. The fraction of sp³-hybridized carbons (Fsp3) is 0.667. The van der Waals surface area contributed by atoms with Crippen molar-refractivity contribution in [2.24, 2.45) is 11.8 Å². The third kappa shape index (κ3) is 4.33. The van der Waals surface area contributed by atoms with E-state index in [-0.39, 0.29) is 24.3 Å². The van der Waals surface area contributed by atoms with Crippen molar-refractivity contribution in [1.29, 1.82) is 5.41 Å². The first kappa shape index (κ1) is 18.0. The predicted octanol–water partition coefficient (Wildman–Crippen LogP) is 1.26. The van der Waals surface area contributed by atoms with Crippen molar-refractivity contribution in [2.45, 2.75) is 32.7 Å². The maximum atomic E-state index is 9.36. The van der Waals surface area contributed by atoms with Crippen molar-refractivity contribution in [3.63, 3.8) is 0 Å². The van der Waals surface area contributed by atoms with Crippen molar-refractivity contribution in [2.75, 3.05) is 30.4 Å². The zero-order chi connectivity index (χ0) is 17.0. The second-order valence-electron chi connectivity index (χ2n) is 6.10. The van der Waals surface area contributed by atoms with Crippen LogP contribution in [0.5, 0.6) is 0 Å². The summed E-state index contributed by atoms with van der Waals surface area (Å²) in [7, 11) is 0. The van der Waals surface area contributed by atoms with Crippen LogP contribution in [0.2, 0.25) is 0 Å². The van der Waals surface area contributed by atoms with Gasteiger partial charge < -0.3 is 20.8 Å². The highest BCUT2D eigenvalue weighted by Gasteiger charge is 2.32. The summed E-state index contributed by atoms with van der Waals surface area (Å²) in [5.41, 5.74) is 1.25. The normalized spacial score (nSPS) is 23.8. The molecule has 1 aliphatic rings. The van der Waals surface area contributed by atoms with Gasteiger partial charge in [0.05, 0.1) is 22.9 Å². The monoisotopic (exact) mass is 339 g/mol. The van der Waals surface area contributed by atoms with Crippen LogP contribution < -0.4 is 10.6 Å². The Labute approximate surface area is 141 Å². The maximum absolute atomic E-state index is 9.36. The smallest absolute Gasteiger partial charge is 0.224 e. The molecule has 1 aliphatic carbocycles. The van der Waals surface area contributed by atoms with Gasteiger partial charge in [-0.05, 0) is 31.6 Å². The number of nitrogens with zero attached hydrogens (tertiary/aromatic N) is 2. The molecular formula is C15H25N5O2S. The molecule has 0 saturated heterocycles. The minimum atomic E-state index is -0.00680. The van der Waals surface area contributed by atoms with Crippen LogP contribution in [0.4, 0.5) is 11.8 Å². The summed E-state index contributed by atoms with van der Waals surface area (Å²) in [5, 5.41) is 32.6. The van der Waals surface area contributed by atoms with Gasteiger partial charge in [0.1, 0.15) is 5.82 Å². The van der Waals surface area contributed by atoms with E-state index in [1.165, 1.54) is 0 Å². The van der Waals surface area contributed by atoms with Crippen molar-refractivity contribution in [1.82, 2.24) is 9.97 Å². The van der Waals surface area contributed by atoms with E-state index in [2.05, 4.69) is 40.2 Å². The Morgan fingerprint density at radius 3 is 2.65 bits per heavy atom. The van der Waals surface area contributed by atoms with Gasteiger partial charge in [-0.15, -0.1) is 12.6 Å². The number of thiol groups is 1. The van der Waals surface area contributed by atoms with Gasteiger partial charge in [0.25, 0.3) is 0 Å². The summed E-state index contributed by atoms with van der Waals surface area (Å²) < 4.78 is 0. The van der Waals surface area contributed by atoms with Gasteiger partial charge in [0.2, 0.25) is 5.95 Å². The van der Waals surface area contributed by atoms with E-state index < -0.39 is 0 Å². The summed E-state index contributed by atoms with van der Waals surface area (Å²) in [5.74, 6) is 1.71. The van der Waals surface area contributed by atoms with Crippen LogP contribution in [-0.2, 0) is 0 Å². The molecule has 0 unspecified atom stereocenters. The molecule has 1 fully saturated rings. The summed E-state index contributed by atoms with van der Waals surface area (Å²) >= 11 is 4.15. The lowest BCUT2D eigenvalue weighted by Gasteiger charge is -2.21. The van der Waals surface area contributed by atoms with Gasteiger partial charge in [0.15, 0.2) is 0 Å². The standard InChI is InChI=1S/C15H25N5O2S/c1-8-5-10(7-22)6-11(8)19-14-12(13(16)23)9(2)18-15(20-14)17-3-4-21/h8,10-11,21-22H,3-7H2,1-2H3,(H2,16,23)(H2,17,18,19,20)/t8-,10-,11-/m1/s1. The van der Waals surface area contributed by atoms with Crippen molar-refractivity contribution < 1.29 is 10.2 Å². The Bertz CT molecular complexity index is 569. The van der Waals surface area contributed by atoms with Gasteiger partial charge in [-0.3, -0.25) is 5.41 Å². The summed E-state index contributed by atoms with van der Waals surface area (Å²) in [6.45, 7) is 4.52. The number of hydrogen-bond acceptors (Lipinski definition) is 7. The molecule has 8 heteroatoms. The fourth-order valence-corrected chi connectivity index (χ4v) is 3.38. The number of aryl methyl sites for hydroxylation is 1. The van der Waals surface area contributed by atoms with Crippen LogP contribution in [0.1, 0.15) is 31.0 Å². The Balaban J connectivity index is 2.27. The Morgan fingerprint density at radius 1 is 1.35 bits per heavy atom. The summed E-state index contributed by atoms with van der Waals surface area (Å²) in [6, 6.07) is 0.193. The topological polar surface area (TPSA) is 114 Å². The molecular weight excluding hydrogens is 314 g/mol. The first-order valence-corrected chi connectivity index (χ1v) is 8.29. The average Bonchev–Trinajstić information content (AvgIpc) is 2.84. The molecule has 0 aromatic carbocycles. The molecule has 1 heterocycles. The zero-order valence-corrected chi connectivity index (χ0v) is 14.4. The lowest BCUT2D eigenvalue weighted by molar-refractivity contribution is 0.226. The predicted molar refractivity (Wildman–Crippen MR) is 94.5 cm³/mol. The highest BCUT2D eigenvalue weighted by molar-refractivity contribution is 7.97. The van der Waals surface area contributed by atoms with Crippen molar-refractivity contribution >= 4 is 29.4 Å². The second kappa shape index (κ2) is 7.94. The maximum Gasteiger partial charge on any atom is 0.224 e. The number of aliphatic hydroxyl groups is 2. The number of aliphatic hydroxyl groups excluding tert-OH is 2.